The van der Waals surface area contributed by atoms with Crippen LogP contribution in [0.15, 0.2) is 131 Å². The van der Waals surface area contributed by atoms with Gasteiger partial charge in [0, 0.05) is 109 Å². The summed E-state index contributed by atoms with van der Waals surface area (Å²) in [5.74, 6) is 2.97. The van der Waals surface area contributed by atoms with E-state index in [4.69, 9.17) is 31.4 Å². The van der Waals surface area contributed by atoms with E-state index in [0.717, 1.165) is 131 Å². The Morgan fingerprint density at radius 2 is 1.11 bits per heavy atom. The largest absolute Gasteiger partial charge is 0.492 e. The zero-order valence-corrected chi connectivity index (χ0v) is 47.8. The molecule has 0 atom stereocenters. The lowest BCUT2D eigenvalue weighted by Crippen LogP contribution is -2.46. The summed E-state index contributed by atoms with van der Waals surface area (Å²) in [4.78, 5) is 48.7. The van der Waals surface area contributed by atoms with Crippen LogP contribution in [0.3, 0.4) is 0 Å². The van der Waals surface area contributed by atoms with Gasteiger partial charge in [0.05, 0.1) is 34.5 Å². The van der Waals surface area contributed by atoms with Gasteiger partial charge < -0.3 is 51.1 Å². The van der Waals surface area contributed by atoms with E-state index in [-0.39, 0.29) is 39.5 Å². The molecule has 6 aliphatic rings. The summed E-state index contributed by atoms with van der Waals surface area (Å²) in [6.07, 6.45) is 10.9. The summed E-state index contributed by atoms with van der Waals surface area (Å²) < 4.78 is 19.0. The van der Waals surface area contributed by atoms with Gasteiger partial charge in [0.2, 0.25) is 0 Å². The zero-order chi connectivity index (χ0) is 56.3. The molecule has 14 nitrogen and oxygen atoms in total. The topological polar surface area (TPSA) is 206 Å². The second-order valence-electron chi connectivity index (χ2n) is 22.3. The fourth-order valence-electron chi connectivity index (χ4n) is 12.7. The fraction of sp³-hybridized carbons (Fsp3) is 0.354. The Kier molecular flexibility index (Phi) is 16.2. The van der Waals surface area contributed by atoms with Crippen LogP contribution >= 0.6 is 23.1 Å². The van der Waals surface area contributed by atoms with Crippen molar-refractivity contribution >= 4 is 57.8 Å². The van der Waals surface area contributed by atoms with Gasteiger partial charge in [-0.25, -0.2) is 0 Å². The Hall–Kier alpha value is -7.39. The summed E-state index contributed by atoms with van der Waals surface area (Å²) in [6, 6.07) is 40.3. The highest BCUT2D eigenvalue weighted by Crippen LogP contribution is 2.49. The second kappa shape index (κ2) is 23.6. The second-order valence-corrected chi connectivity index (χ2v) is 24.5. The van der Waals surface area contributed by atoms with Gasteiger partial charge in [0.1, 0.15) is 28.9 Å². The number of aryl methyl sites for hydroxylation is 1. The maximum atomic E-state index is 13.2. The number of aromatic nitrogens is 1. The fourth-order valence-corrected chi connectivity index (χ4v) is 14.2. The lowest BCUT2D eigenvalue weighted by molar-refractivity contribution is -0.128. The van der Waals surface area contributed by atoms with Gasteiger partial charge in [-0.05, 0) is 116 Å². The number of aromatic amines is 1. The average molecular weight is 1120 g/mol. The molecule has 3 spiro atoms. The quantitative estimate of drug-likeness (QED) is 0.0640. The molecule has 3 amide bonds. The number of H-pyrrole nitrogens is 1. The number of nitrogens with two attached hydrogens (primary N) is 3. The Labute approximate surface area is 482 Å². The Morgan fingerprint density at radius 1 is 0.630 bits per heavy atom. The van der Waals surface area contributed by atoms with Crippen molar-refractivity contribution in [3.8, 4) is 23.3 Å². The number of amides is 3. The first-order chi connectivity index (χ1) is 39.4. The predicted molar refractivity (Wildman–Crippen MR) is 320 cm³/mol. The van der Waals surface area contributed by atoms with E-state index in [9.17, 15) is 19.6 Å². The number of benzene rings is 5. The van der Waals surface area contributed by atoms with E-state index >= 15 is 0 Å². The van der Waals surface area contributed by atoms with Gasteiger partial charge in [-0.2, -0.15) is 5.26 Å². The van der Waals surface area contributed by atoms with Crippen molar-refractivity contribution in [2.75, 3.05) is 65.3 Å². The van der Waals surface area contributed by atoms with Crippen molar-refractivity contribution in [1.29, 1.82) is 5.26 Å². The number of thioether (sulfide) groups is 1. The molecule has 0 aliphatic carbocycles. The number of ether oxygens (including phenoxy) is 3. The molecule has 418 valence electrons. The molecule has 0 unspecified atom stereocenters. The summed E-state index contributed by atoms with van der Waals surface area (Å²) >= 11 is 3.27. The van der Waals surface area contributed by atoms with E-state index in [2.05, 4.69) is 42.2 Å². The highest BCUT2D eigenvalue weighted by atomic mass is 32.2. The molecule has 8 heterocycles. The minimum absolute atomic E-state index is 0.00803. The van der Waals surface area contributed by atoms with Crippen LogP contribution in [0, 0.1) is 18.3 Å². The smallest absolute Gasteiger partial charge is 0.264 e. The predicted octanol–water partition coefficient (Wildman–Crippen LogP) is 10.0. The number of thiophene rings is 1. The average Bonchev–Trinajstić information content (AvgIpc) is 4.59. The highest BCUT2D eigenvalue weighted by molar-refractivity contribution is 8.00. The Morgan fingerprint density at radius 3 is 1.57 bits per heavy atom. The van der Waals surface area contributed by atoms with Crippen LogP contribution in [-0.4, -0.2) is 103 Å². The number of nitrogens with zero attached hydrogens (tertiary/aromatic N) is 4. The number of carbonyl (C=O) groups is 3. The first-order valence-electron chi connectivity index (χ1n) is 28.1. The molecular formula is C65H70N8O6S2. The molecule has 81 heavy (non-hydrogen) atoms. The molecule has 6 aliphatic heterocycles. The van der Waals surface area contributed by atoms with Gasteiger partial charge in [-0.3, -0.25) is 14.4 Å². The van der Waals surface area contributed by atoms with Gasteiger partial charge in [-0.1, -0.05) is 84.9 Å². The number of carbonyl (C=O) groups excluding carboxylic acids is 3. The maximum absolute atomic E-state index is 13.2. The van der Waals surface area contributed by atoms with Crippen molar-refractivity contribution in [2.45, 2.75) is 85.5 Å². The van der Waals surface area contributed by atoms with Crippen LogP contribution in [0.4, 0.5) is 0 Å². The zero-order valence-electron chi connectivity index (χ0n) is 46.1. The third-order valence-corrected chi connectivity index (χ3v) is 19.9. The summed E-state index contributed by atoms with van der Waals surface area (Å²) in [6.45, 7) is 9.97. The third kappa shape index (κ3) is 11.0. The lowest BCUT2D eigenvalue weighted by atomic mass is 9.74. The normalized spacial score (nSPS) is 17.9. The number of para-hydroxylation sites is 1. The van der Waals surface area contributed by atoms with Gasteiger partial charge in [0.25, 0.3) is 17.7 Å². The van der Waals surface area contributed by atoms with Crippen LogP contribution in [0.5, 0.6) is 17.2 Å². The summed E-state index contributed by atoms with van der Waals surface area (Å²) in [5, 5.41) is 10.5. The molecule has 13 rings (SSSR count). The molecular weight excluding hydrogens is 1050 g/mol. The molecule has 2 aromatic heterocycles. The minimum Gasteiger partial charge on any atom is -0.492 e. The highest BCUT2D eigenvalue weighted by Gasteiger charge is 2.47. The van der Waals surface area contributed by atoms with Crippen molar-refractivity contribution in [2.24, 2.45) is 17.2 Å². The Balaban J connectivity index is 0.000000128. The van der Waals surface area contributed by atoms with Crippen LogP contribution in [-0.2, 0) is 40.7 Å². The monoisotopic (exact) mass is 1120 g/mol. The molecule has 0 saturated carbocycles. The number of nitrogens with one attached hydrogen (secondary N) is 1. The summed E-state index contributed by atoms with van der Waals surface area (Å²) in [7, 11) is 0. The first kappa shape index (κ1) is 55.5. The van der Waals surface area contributed by atoms with E-state index < -0.39 is 0 Å². The number of hydrogen-bond donors (Lipinski definition) is 4. The van der Waals surface area contributed by atoms with Gasteiger partial charge >= 0.3 is 0 Å². The van der Waals surface area contributed by atoms with Gasteiger partial charge in [0.15, 0.2) is 0 Å². The van der Waals surface area contributed by atoms with E-state index in [1.165, 1.54) is 20.9 Å². The van der Waals surface area contributed by atoms with Gasteiger partial charge in [-0.15, -0.1) is 23.1 Å². The van der Waals surface area contributed by atoms with Crippen molar-refractivity contribution in [3.05, 3.63) is 182 Å². The van der Waals surface area contributed by atoms with E-state index in [1.54, 1.807) is 34.1 Å². The molecule has 16 heteroatoms. The number of rotatable bonds is 8. The molecule has 7 N–H and O–H groups in total. The van der Waals surface area contributed by atoms with Crippen LogP contribution in [0.1, 0.15) is 103 Å². The van der Waals surface area contributed by atoms with Crippen molar-refractivity contribution in [3.63, 3.8) is 0 Å². The molecule has 0 bridgehead atoms. The number of likely N-dealkylation sites (tertiary alicyclic amines) is 3. The first-order valence-corrected chi connectivity index (χ1v) is 30.1. The lowest BCUT2D eigenvalue weighted by Gasteiger charge is -2.38. The van der Waals surface area contributed by atoms with Crippen LogP contribution in [0.25, 0.3) is 17.0 Å². The van der Waals surface area contributed by atoms with Crippen LogP contribution in [0.2, 0.25) is 0 Å². The van der Waals surface area contributed by atoms with E-state index in [0.29, 0.717) is 52.5 Å². The molecule has 5 aromatic carbocycles. The number of nitriles is 1. The number of hydrogen-bond acceptors (Lipinski definition) is 12. The minimum atomic E-state index is -0.198. The maximum Gasteiger partial charge on any atom is 0.264 e. The van der Waals surface area contributed by atoms with Crippen molar-refractivity contribution in [1.82, 2.24) is 19.7 Å². The standard InChI is InChI=1S/C23H25N3O2.C23H23N3O2.C19H22N2O2S2/c1-15-3-2-4-17-18(13-25-21(15)17)22(27)26-9-7-23(8-10-26)14-28-20-6-5-16(12-24)11-19(20)23;24-14-18-6-7-21-20(13-18)23(16-28-21)8-10-26(11-9-23)22(27)19(15-25)12-17-4-2-1-3-5-17;1-24-17-5-4-16(25-17)18(22)21-8-6-19(7-9-21)12-23-15-3-2-13(11-20)10-14(15)19/h2-6,11,13,25H,7-10,12,14,24H2,1H3;1-7,12-13H,8-11,14,16,24H2;2-5,10H,6-9,11-12,20H2,1H3/b;19-12+;. The number of piperidine rings is 3. The molecule has 0 radical (unpaired) electrons. The molecule has 3 saturated heterocycles. The third-order valence-electron chi connectivity index (χ3n) is 17.7. The molecule has 7 aromatic rings. The van der Waals surface area contributed by atoms with Crippen LogP contribution < -0.4 is 31.4 Å². The Bertz CT molecular complexity index is 3540. The van der Waals surface area contributed by atoms with E-state index in [1.807, 2.05) is 113 Å². The number of fused-ring (bicyclic) bond motifs is 7. The molecule has 3 fully saturated rings. The summed E-state index contributed by atoms with van der Waals surface area (Å²) in [5.41, 5.74) is 28.6. The SMILES string of the molecule is CSc1ccc(C(=O)N2CCC3(CC2)COc2ccc(CN)cc23)s1.Cc1cccc2c(C(=O)N3CCC4(CC3)COc3ccc(CN)cc34)c[nH]c12.N#C/C(=C\c1ccccc1)C(=O)N1CCC2(CC1)COc1ccc(CN)cc12. The van der Waals surface area contributed by atoms with Crippen molar-refractivity contribution < 1.29 is 28.6 Å².